The summed E-state index contributed by atoms with van der Waals surface area (Å²) in [5.74, 6) is 0. The third kappa shape index (κ3) is 1.59. The van der Waals surface area contributed by atoms with Crippen molar-refractivity contribution in [3.63, 3.8) is 0 Å². The Bertz CT molecular complexity index is 470. The fraction of sp³-hybridized carbons (Fsp3) is 0.462. The van der Waals surface area contributed by atoms with Crippen molar-refractivity contribution in [1.82, 2.24) is 5.32 Å². The third-order valence-electron chi connectivity index (χ3n) is 3.40. The summed E-state index contributed by atoms with van der Waals surface area (Å²) in [6.45, 7) is 2.06. The van der Waals surface area contributed by atoms with E-state index < -0.39 is 0 Å². The number of hydrogen-bond donors (Lipinski definition) is 1. The van der Waals surface area contributed by atoms with E-state index in [2.05, 4.69) is 34.6 Å². The largest absolute Gasteiger partial charge is 0.310 e. The normalized spacial score (nSPS) is 24.8. The van der Waals surface area contributed by atoms with Gasteiger partial charge in [0.05, 0.1) is 11.9 Å². The minimum atomic E-state index is 0.575. The van der Waals surface area contributed by atoms with Crippen LogP contribution in [0.3, 0.4) is 0 Å². The van der Waals surface area contributed by atoms with Crippen LogP contribution in [0.1, 0.15) is 19.3 Å². The molecule has 0 unspecified atom stereocenters. The van der Waals surface area contributed by atoms with Crippen LogP contribution in [0.2, 0.25) is 0 Å². The van der Waals surface area contributed by atoms with Gasteiger partial charge in [-0.25, -0.2) is 0 Å². The molecule has 0 bridgehead atoms. The zero-order valence-electron chi connectivity index (χ0n) is 8.87. The Labute approximate surface area is 89.7 Å². The van der Waals surface area contributed by atoms with E-state index in [1.807, 2.05) is 0 Å². The molecule has 0 aliphatic carbocycles. The van der Waals surface area contributed by atoms with Crippen molar-refractivity contribution in [3.8, 4) is 0 Å². The second-order valence-electron chi connectivity index (χ2n) is 4.36. The lowest BCUT2D eigenvalue weighted by molar-refractivity contribution is 0.459. The van der Waals surface area contributed by atoms with Crippen molar-refractivity contribution < 1.29 is 0 Å². The van der Waals surface area contributed by atoms with Crippen LogP contribution < -0.4 is 15.9 Å². The number of nitrogens with zero attached hydrogens (tertiary/aromatic N) is 1. The number of benzene rings is 1. The lowest BCUT2D eigenvalue weighted by atomic mass is 9.96. The predicted octanol–water partition coefficient (Wildman–Crippen LogP) is 0.613. The second-order valence-corrected chi connectivity index (χ2v) is 4.36. The first kappa shape index (κ1) is 9.10. The maximum absolute atomic E-state index is 4.58. The van der Waals surface area contributed by atoms with Gasteiger partial charge in [0.15, 0.2) is 0 Å². The first-order valence-corrected chi connectivity index (χ1v) is 5.81. The molecular weight excluding hydrogens is 184 g/mol. The van der Waals surface area contributed by atoms with Crippen LogP contribution in [0.5, 0.6) is 0 Å². The van der Waals surface area contributed by atoms with Crippen LogP contribution in [0.25, 0.3) is 5.57 Å². The van der Waals surface area contributed by atoms with E-state index >= 15 is 0 Å². The van der Waals surface area contributed by atoms with Gasteiger partial charge in [0.25, 0.3) is 0 Å². The van der Waals surface area contributed by atoms with Crippen LogP contribution >= 0.6 is 0 Å². The number of piperidine rings is 1. The molecule has 1 aromatic rings. The van der Waals surface area contributed by atoms with Crippen LogP contribution in [-0.4, -0.2) is 19.1 Å². The summed E-state index contributed by atoms with van der Waals surface area (Å²) in [6.07, 6.45) is 3.95. The number of hydrogen-bond acceptors (Lipinski definition) is 2. The number of rotatable bonds is 1. The molecule has 0 saturated carbocycles. The maximum atomic E-state index is 4.58. The summed E-state index contributed by atoms with van der Waals surface area (Å²) in [7, 11) is 0. The zero-order valence-corrected chi connectivity index (χ0v) is 8.87. The molecule has 0 radical (unpaired) electrons. The fourth-order valence-electron chi connectivity index (χ4n) is 2.59. The molecule has 1 atom stereocenters. The highest BCUT2D eigenvalue weighted by Gasteiger charge is 2.19. The van der Waals surface area contributed by atoms with E-state index in [4.69, 9.17) is 0 Å². The number of para-hydroxylation sites is 1. The van der Waals surface area contributed by atoms with E-state index in [0.717, 1.165) is 13.1 Å². The van der Waals surface area contributed by atoms with Gasteiger partial charge in [0.2, 0.25) is 0 Å². The van der Waals surface area contributed by atoms with Gasteiger partial charge in [-0.1, -0.05) is 24.6 Å². The van der Waals surface area contributed by atoms with Crippen LogP contribution in [-0.2, 0) is 0 Å². The highest BCUT2D eigenvalue weighted by Crippen LogP contribution is 2.15. The molecule has 0 aromatic heterocycles. The third-order valence-corrected chi connectivity index (χ3v) is 3.40. The molecule has 0 amide bonds. The van der Waals surface area contributed by atoms with Gasteiger partial charge < -0.3 is 5.32 Å². The minimum Gasteiger partial charge on any atom is -0.310 e. The van der Waals surface area contributed by atoms with Gasteiger partial charge >= 0.3 is 0 Å². The molecule has 2 aliphatic rings. The SMILES string of the molecule is c1ccc2c(c1)=NCC=2[C@@H]1CCCCN1. The average molecular weight is 200 g/mol. The molecule has 3 rings (SSSR count). The van der Waals surface area contributed by atoms with Crippen LogP contribution in [0.15, 0.2) is 29.3 Å². The summed E-state index contributed by atoms with van der Waals surface area (Å²) in [6, 6.07) is 9.08. The van der Waals surface area contributed by atoms with Gasteiger partial charge in [-0.15, -0.1) is 0 Å². The monoisotopic (exact) mass is 200 g/mol. The van der Waals surface area contributed by atoms with E-state index in [1.165, 1.54) is 35.4 Å². The molecule has 2 aliphatic heterocycles. The van der Waals surface area contributed by atoms with Crippen molar-refractivity contribution in [2.75, 3.05) is 13.1 Å². The lowest BCUT2D eigenvalue weighted by Gasteiger charge is -2.24. The highest BCUT2D eigenvalue weighted by atomic mass is 14.9. The van der Waals surface area contributed by atoms with Crippen molar-refractivity contribution in [2.24, 2.45) is 4.99 Å². The molecule has 1 fully saturated rings. The Balaban J connectivity index is 2.04. The van der Waals surface area contributed by atoms with Crippen molar-refractivity contribution in [3.05, 3.63) is 34.8 Å². The van der Waals surface area contributed by atoms with Crippen molar-refractivity contribution >= 4 is 5.57 Å². The molecule has 2 heteroatoms. The molecule has 1 saturated heterocycles. The highest BCUT2D eigenvalue weighted by molar-refractivity contribution is 5.54. The van der Waals surface area contributed by atoms with E-state index in [9.17, 15) is 0 Å². The van der Waals surface area contributed by atoms with Gasteiger partial charge in [0.1, 0.15) is 0 Å². The van der Waals surface area contributed by atoms with Crippen LogP contribution in [0.4, 0.5) is 0 Å². The standard InChI is InChI=1S/C13H16N2/c1-2-6-12-10(5-1)11(9-15-12)13-7-3-4-8-14-13/h1-2,5-6,13-14H,3-4,7-9H2/t13-/m0/s1. The predicted molar refractivity (Wildman–Crippen MR) is 61.1 cm³/mol. The summed E-state index contributed by atoms with van der Waals surface area (Å²) < 4.78 is 0. The second kappa shape index (κ2) is 3.78. The molecule has 2 heterocycles. The zero-order chi connectivity index (χ0) is 10.1. The fourth-order valence-corrected chi connectivity index (χ4v) is 2.59. The summed E-state index contributed by atoms with van der Waals surface area (Å²) >= 11 is 0. The van der Waals surface area contributed by atoms with Crippen molar-refractivity contribution in [1.29, 1.82) is 0 Å². The molecule has 0 spiro atoms. The summed E-state index contributed by atoms with van der Waals surface area (Å²) in [5, 5.41) is 6.16. The number of nitrogens with one attached hydrogen (secondary N) is 1. The van der Waals surface area contributed by atoms with Crippen LogP contribution in [0, 0.1) is 0 Å². The number of fused-ring (bicyclic) bond motifs is 1. The van der Waals surface area contributed by atoms with Crippen molar-refractivity contribution in [2.45, 2.75) is 25.3 Å². The maximum Gasteiger partial charge on any atom is 0.0651 e. The summed E-state index contributed by atoms with van der Waals surface area (Å²) in [5.41, 5.74) is 1.50. The summed E-state index contributed by atoms with van der Waals surface area (Å²) in [4.78, 5) is 4.58. The molecule has 1 N–H and O–H groups in total. The average Bonchev–Trinajstić information content (AvgIpc) is 2.74. The Kier molecular flexibility index (Phi) is 2.29. The Morgan fingerprint density at radius 3 is 3.00 bits per heavy atom. The van der Waals surface area contributed by atoms with E-state index in [-0.39, 0.29) is 0 Å². The van der Waals surface area contributed by atoms with Gasteiger partial charge in [-0.05, 0) is 31.0 Å². The topological polar surface area (TPSA) is 24.4 Å². The smallest absolute Gasteiger partial charge is 0.0651 e. The minimum absolute atomic E-state index is 0.575. The van der Waals surface area contributed by atoms with Gasteiger partial charge in [-0.3, -0.25) is 4.99 Å². The first-order chi connectivity index (χ1) is 7.45. The van der Waals surface area contributed by atoms with E-state index in [0.29, 0.717) is 6.04 Å². The molecular formula is C13H16N2. The Morgan fingerprint density at radius 2 is 2.13 bits per heavy atom. The Hall–Kier alpha value is -1.15. The molecule has 15 heavy (non-hydrogen) atoms. The quantitative estimate of drug-likeness (QED) is 0.706. The molecule has 78 valence electrons. The van der Waals surface area contributed by atoms with Gasteiger partial charge in [0, 0.05) is 11.3 Å². The van der Waals surface area contributed by atoms with E-state index in [1.54, 1.807) is 0 Å². The molecule has 1 aromatic carbocycles. The molecule has 2 nitrogen and oxygen atoms in total. The van der Waals surface area contributed by atoms with Gasteiger partial charge in [-0.2, -0.15) is 0 Å². The Morgan fingerprint density at radius 1 is 1.20 bits per heavy atom. The lowest BCUT2D eigenvalue weighted by Crippen LogP contribution is -2.38. The first-order valence-electron chi connectivity index (χ1n) is 5.81.